The molecule has 0 amide bonds. The number of para-hydroxylation sites is 1. The van der Waals surface area contributed by atoms with Crippen molar-refractivity contribution in [2.24, 2.45) is 0 Å². The molecule has 0 bridgehead atoms. The Morgan fingerprint density at radius 2 is 1.87 bits per heavy atom. The fourth-order valence-electron chi connectivity index (χ4n) is 2.79. The normalized spacial score (nSPS) is 11.7. The van der Waals surface area contributed by atoms with E-state index < -0.39 is 0 Å². The molecule has 0 aliphatic heterocycles. The summed E-state index contributed by atoms with van der Waals surface area (Å²) in [5, 5.41) is 4.48. The van der Waals surface area contributed by atoms with E-state index in [4.69, 9.17) is 4.42 Å². The zero-order valence-electron chi connectivity index (χ0n) is 14.1. The van der Waals surface area contributed by atoms with Crippen molar-refractivity contribution >= 4 is 27.9 Å². The minimum Gasteiger partial charge on any atom is -0.450 e. The molecule has 0 atom stereocenters. The number of benzene rings is 1. The second kappa shape index (κ2) is 6.96. The van der Waals surface area contributed by atoms with Crippen LogP contribution in [-0.4, -0.2) is 41.0 Å². The van der Waals surface area contributed by atoms with Crippen molar-refractivity contribution in [1.29, 1.82) is 0 Å². The van der Waals surface area contributed by atoms with Crippen LogP contribution in [0.25, 0.3) is 22.1 Å². The summed E-state index contributed by atoms with van der Waals surface area (Å²) < 4.78 is 5.99. The van der Waals surface area contributed by atoms with E-state index in [9.17, 15) is 0 Å². The maximum atomic E-state index is 5.99. The summed E-state index contributed by atoms with van der Waals surface area (Å²) in [6, 6.07) is 8.01. The van der Waals surface area contributed by atoms with E-state index in [0.29, 0.717) is 0 Å². The van der Waals surface area contributed by atoms with E-state index in [2.05, 4.69) is 41.0 Å². The molecule has 23 heavy (non-hydrogen) atoms. The molecule has 3 rings (SSSR count). The second-order valence-electron chi connectivity index (χ2n) is 5.57. The molecule has 0 unspecified atom stereocenters. The summed E-state index contributed by atoms with van der Waals surface area (Å²) >= 11 is 0. The number of nitrogens with one attached hydrogen (secondary N) is 1. The second-order valence-corrected chi connectivity index (χ2v) is 5.57. The van der Waals surface area contributed by atoms with Crippen LogP contribution in [-0.2, 0) is 6.42 Å². The number of nitrogens with zero attached hydrogens (tertiary/aromatic N) is 3. The first-order valence-electron chi connectivity index (χ1n) is 8.41. The molecule has 5 nitrogen and oxygen atoms in total. The summed E-state index contributed by atoms with van der Waals surface area (Å²) in [6.07, 6.45) is 0.806. The Morgan fingerprint density at radius 1 is 1.09 bits per heavy atom. The standard InChI is InChI=1S/C18H24N4O/c1-4-15-20-16-13-9-7-8-10-14(13)23-17(16)18(21-15)19-11-12-22(5-2)6-3/h7-10H,4-6,11-12H2,1-3H3,(H,19,20,21). The molecule has 0 saturated carbocycles. The first-order chi connectivity index (χ1) is 11.3. The van der Waals surface area contributed by atoms with E-state index in [1.807, 2.05) is 24.3 Å². The molecule has 1 aromatic carbocycles. The van der Waals surface area contributed by atoms with E-state index in [1.54, 1.807) is 0 Å². The van der Waals surface area contributed by atoms with E-state index in [1.165, 1.54) is 0 Å². The number of fused-ring (bicyclic) bond motifs is 3. The fraction of sp³-hybridized carbons (Fsp3) is 0.444. The fourth-order valence-corrected chi connectivity index (χ4v) is 2.79. The van der Waals surface area contributed by atoms with Crippen LogP contribution in [0.5, 0.6) is 0 Å². The number of anilines is 1. The summed E-state index contributed by atoms with van der Waals surface area (Å²) in [4.78, 5) is 11.7. The van der Waals surface area contributed by atoms with Crippen molar-refractivity contribution in [3.05, 3.63) is 30.1 Å². The molecule has 0 aliphatic carbocycles. The smallest absolute Gasteiger partial charge is 0.196 e. The van der Waals surface area contributed by atoms with Gasteiger partial charge in [-0.25, -0.2) is 9.97 Å². The predicted octanol–water partition coefficient (Wildman–Crippen LogP) is 3.69. The van der Waals surface area contributed by atoms with Gasteiger partial charge in [-0.05, 0) is 25.2 Å². The highest BCUT2D eigenvalue weighted by Crippen LogP contribution is 2.31. The summed E-state index contributed by atoms with van der Waals surface area (Å²) in [5.74, 6) is 1.64. The van der Waals surface area contributed by atoms with Crippen LogP contribution >= 0.6 is 0 Å². The molecule has 2 heterocycles. The maximum Gasteiger partial charge on any atom is 0.196 e. The van der Waals surface area contributed by atoms with Gasteiger partial charge in [0.25, 0.3) is 0 Å². The SMILES string of the molecule is CCc1nc(NCCN(CC)CC)c2oc3ccccc3c2n1. The summed E-state index contributed by atoms with van der Waals surface area (Å²) in [6.45, 7) is 10.4. The van der Waals surface area contributed by atoms with Crippen molar-refractivity contribution in [1.82, 2.24) is 14.9 Å². The topological polar surface area (TPSA) is 54.2 Å². The Kier molecular flexibility index (Phi) is 4.76. The summed E-state index contributed by atoms with van der Waals surface area (Å²) in [5.41, 5.74) is 2.51. The third-order valence-corrected chi connectivity index (χ3v) is 4.20. The van der Waals surface area contributed by atoms with Gasteiger partial charge in [-0.1, -0.05) is 32.9 Å². The lowest BCUT2D eigenvalue weighted by Crippen LogP contribution is -2.28. The van der Waals surface area contributed by atoms with Gasteiger partial charge in [0.2, 0.25) is 0 Å². The third kappa shape index (κ3) is 3.15. The average Bonchev–Trinajstić information content (AvgIpc) is 2.97. The third-order valence-electron chi connectivity index (χ3n) is 4.20. The van der Waals surface area contributed by atoms with Crippen LogP contribution in [0.4, 0.5) is 5.82 Å². The number of hydrogen-bond acceptors (Lipinski definition) is 5. The van der Waals surface area contributed by atoms with Gasteiger partial charge in [0, 0.05) is 24.9 Å². The number of aromatic nitrogens is 2. The van der Waals surface area contributed by atoms with E-state index in [-0.39, 0.29) is 0 Å². The number of hydrogen-bond donors (Lipinski definition) is 1. The number of rotatable bonds is 7. The average molecular weight is 312 g/mol. The summed E-state index contributed by atoms with van der Waals surface area (Å²) in [7, 11) is 0. The van der Waals surface area contributed by atoms with Crippen molar-refractivity contribution < 1.29 is 4.42 Å². The zero-order valence-corrected chi connectivity index (χ0v) is 14.1. The number of furan rings is 1. The van der Waals surface area contributed by atoms with Gasteiger partial charge in [-0.2, -0.15) is 0 Å². The molecular formula is C18H24N4O. The van der Waals surface area contributed by atoms with Gasteiger partial charge in [0.1, 0.15) is 16.9 Å². The van der Waals surface area contributed by atoms with Crippen LogP contribution in [0.1, 0.15) is 26.6 Å². The van der Waals surface area contributed by atoms with Crippen molar-refractivity contribution in [2.45, 2.75) is 27.2 Å². The predicted molar refractivity (Wildman–Crippen MR) is 95.0 cm³/mol. The molecule has 1 N–H and O–H groups in total. The van der Waals surface area contributed by atoms with Gasteiger partial charge in [0.15, 0.2) is 11.4 Å². The lowest BCUT2D eigenvalue weighted by Gasteiger charge is -2.18. The monoisotopic (exact) mass is 312 g/mol. The van der Waals surface area contributed by atoms with Gasteiger partial charge < -0.3 is 14.6 Å². The number of aryl methyl sites for hydroxylation is 1. The minimum absolute atomic E-state index is 0.753. The molecule has 3 aromatic rings. The maximum absolute atomic E-state index is 5.99. The molecule has 0 fully saturated rings. The molecular weight excluding hydrogens is 288 g/mol. The van der Waals surface area contributed by atoms with Crippen LogP contribution in [0.15, 0.2) is 28.7 Å². The molecule has 0 saturated heterocycles. The molecule has 2 aromatic heterocycles. The Bertz CT molecular complexity index is 792. The van der Waals surface area contributed by atoms with E-state index in [0.717, 1.165) is 66.3 Å². The lowest BCUT2D eigenvalue weighted by atomic mass is 10.2. The lowest BCUT2D eigenvalue weighted by molar-refractivity contribution is 0.316. The molecule has 0 radical (unpaired) electrons. The molecule has 122 valence electrons. The van der Waals surface area contributed by atoms with Gasteiger partial charge in [-0.3, -0.25) is 0 Å². The highest BCUT2D eigenvalue weighted by atomic mass is 16.3. The molecule has 0 spiro atoms. The minimum atomic E-state index is 0.753. The van der Waals surface area contributed by atoms with Crippen molar-refractivity contribution in [2.75, 3.05) is 31.5 Å². The van der Waals surface area contributed by atoms with Gasteiger partial charge in [-0.15, -0.1) is 0 Å². The van der Waals surface area contributed by atoms with Crippen LogP contribution in [0, 0.1) is 0 Å². The first kappa shape index (κ1) is 15.7. The largest absolute Gasteiger partial charge is 0.450 e. The number of likely N-dealkylation sites (N-methyl/N-ethyl adjacent to an activating group) is 1. The highest BCUT2D eigenvalue weighted by molar-refractivity contribution is 6.05. The van der Waals surface area contributed by atoms with Gasteiger partial charge in [0.05, 0.1) is 0 Å². The first-order valence-corrected chi connectivity index (χ1v) is 8.41. The van der Waals surface area contributed by atoms with Crippen LogP contribution in [0.2, 0.25) is 0 Å². The molecule has 5 heteroatoms. The van der Waals surface area contributed by atoms with Crippen LogP contribution in [0.3, 0.4) is 0 Å². The van der Waals surface area contributed by atoms with Crippen molar-refractivity contribution in [3.63, 3.8) is 0 Å². The highest BCUT2D eigenvalue weighted by Gasteiger charge is 2.15. The van der Waals surface area contributed by atoms with Gasteiger partial charge >= 0.3 is 0 Å². The van der Waals surface area contributed by atoms with Crippen molar-refractivity contribution in [3.8, 4) is 0 Å². The Balaban J connectivity index is 1.95. The Morgan fingerprint density at radius 3 is 2.61 bits per heavy atom. The Labute approximate surface area is 136 Å². The Hall–Kier alpha value is -2.14. The molecule has 0 aliphatic rings. The zero-order chi connectivity index (χ0) is 16.2. The van der Waals surface area contributed by atoms with Crippen LogP contribution < -0.4 is 5.32 Å². The quantitative estimate of drug-likeness (QED) is 0.721. The van der Waals surface area contributed by atoms with E-state index >= 15 is 0 Å².